The van der Waals surface area contributed by atoms with Crippen molar-refractivity contribution in [2.75, 3.05) is 5.75 Å². The van der Waals surface area contributed by atoms with Gasteiger partial charge in [0.05, 0.1) is 0 Å². The summed E-state index contributed by atoms with van der Waals surface area (Å²) in [5, 5.41) is 0.715. The van der Waals surface area contributed by atoms with Crippen LogP contribution in [0.25, 0.3) is 0 Å². The molecule has 0 aromatic heterocycles. The largest absolute Gasteiger partial charge is 0.457 e. The first-order valence-electron chi connectivity index (χ1n) is 5.44. The van der Waals surface area contributed by atoms with Gasteiger partial charge in [-0.25, -0.2) is 0 Å². The Morgan fingerprint density at radius 1 is 1.06 bits per heavy atom. The molecule has 2 aromatic rings. The highest BCUT2D eigenvalue weighted by atomic mass is 35.5. The first-order chi connectivity index (χ1) is 8.28. The lowest BCUT2D eigenvalue weighted by atomic mass is 10.3. The fourth-order valence-electron chi connectivity index (χ4n) is 1.43. The molecule has 2 aromatic carbocycles. The average Bonchev–Trinajstić information content (AvgIpc) is 2.33. The minimum Gasteiger partial charge on any atom is -0.457 e. The van der Waals surface area contributed by atoms with Gasteiger partial charge in [-0.2, -0.15) is 0 Å². The van der Waals surface area contributed by atoms with Crippen molar-refractivity contribution in [3.05, 3.63) is 53.6 Å². The van der Waals surface area contributed by atoms with E-state index >= 15 is 0 Å². The van der Waals surface area contributed by atoms with E-state index in [2.05, 4.69) is 13.0 Å². The Bertz CT molecular complexity index is 482. The van der Waals surface area contributed by atoms with Crippen LogP contribution in [-0.4, -0.2) is 5.75 Å². The lowest BCUT2D eigenvalue weighted by Crippen LogP contribution is -1.84. The zero-order chi connectivity index (χ0) is 12.1. The monoisotopic (exact) mass is 264 g/mol. The van der Waals surface area contributed by atoms with Crippen LogP contribution in [0.2, 0.25) is 5.02 Å². The minimum absolute atomic E-state index is 0.715. The molecule has 0 N–H and O–H groups in total. The smallest absolute Gasteiger partial charge is 0.128 e. The van der Waals surface area contributed by atoms with E-state index in [1.165, 1.54) is 4.90 Å². The maximum atomic E-state index is 5.82. The highest BCUT2D eigenvalue weighted by Crippen LogP contribution is 2.27. The number of hydrogen-bond donors (Lipinski definition) is 0. The number of halogens is 1. The summed E-state index contributed by atoms with van der Waals surface area (Å²) >= 11 is 7.62. The number of hydrogen-bond acceptors (Lipinski definition) is 2. The van der Waals surface area contributed by atoms with Crippen LogP contribution in [0, 0.1) is 0 Å². The summed E-state index contributed by atoms with van der Waals surface area (Å²) in [6, 6.07) is 15.5. The van der Waals surface area contributed by atoms with Gasteiger partial charge < -0.3 is 4.74 Å². The van der Waals surface area contributed by atoms with Gasteiger partial charge in [0.2, 0.25) is 0 Å². The minimum atomic E-state index is 0.715. The number of rotatable bonds is 4. The molecule has 0 spiro atoms. The second-order valence-corrected chi connectivity index (χ2v) is 5.24. The molecule has 0 amide bonds. The molecule has 1 nitrogen and oxygen atoms in total. The van der Waals surface area contributed by atoms with Crippen LogP contribution in [0.15, 0.2) is 53.4 Å². The fraction of sp³-hybridized carbons (Fsp3) is 0.143. The third-order valence-corrected chi connectivity index (χ3v) is 3.29. The quantitative estimate of drug-likeness (QED) is 0.698. The van der Waals surface area contributed by atoms with Gasteiger partial charge in [0.25, 0.3) is 0 Å². The highest BCUT2D eigenvalue weighted by Gasteiger charge is 1.99. The van der Waals surface area contributed by atoms with E-state index in [1.807, 2.05) is 42.5 Å². The average molecular weight is 265 g/mol. The van der Waals surface area contributed by atoms with Crippen molar-refractivity contribution in [2.45, 2.75) is 11.8 Å². The Morgan fingerprint density at radius 2 is 1.82 bits per heavy atom. The topological polar surface area (TPSA) is 9.23 Å². The first-order valence-corrected chi connectivity index (χ1v) is 6.80. The molecule has 88 valence electrons. The molecule has 0 radical (unpaired) electrons. The number of ether oxygens (including phenoxy) is 1. The van der Waals surface area contributed by atoms with E-state index < -0.39 is 0 Å². The Balaban J connectivity index is 2.12. The van der Waals surface area contributed by atoms with Gasteiger partial charge in [-0.15, -0.1) is 11.8 Å². The van der Waals surface area contributed by atoms with Crippen LogP contribution in [-0.2, 0) is 0 Å². The molecule has 0 aliphatic rings. The molecule has 0 saturated heterocycles. The van der Waals surface area contributed by atoms with Gasteiger partial charge in [-0.3, -0.25) is 0 Å². The summed E-state index contributed by atoms with van der Waals surface area (Å²) < 4.78 is 5.75. The Kier molecular flexibility index (Phi) is 4.35. The van der Waals surface area contributed by atoms with E-state index in [0.717, 1.165) is 17.3 Å². The van der Waals surface area contributed by atoms with E-state index in [0.29, 0.717) is 5.02 Å². The predicted molar refractivity (Wildman–Crippen MR) is 74.4 cm³/mol. The molecular weight excluding hydrogens is 252 g/mol. The molecule has 0 bridgehead atoms. The van der Waals surface area contributed by atoms with Gasteiger partial charge >= 0.3 is 0 Å². The number of thioether (sulfide) groups is 1. The van der Waals surface area contributed by atoms with Crippen molar-refractivity contribution in [1.82, 2.24) is 0 Å². The molecule has 17 heavy (non-hydrogen) atoms. The maximum absolute atomic E-state index is 5.82. The van der Waals surface area contributed by atoms with Gasteiger partial charge in [0, 0.05) is 9.92 Å². The van der Waals surface area contributed by atoms with Crippen LogP contribution in [0.4, 0.5) is 0 Å². The summed E-state index contributed by atoms with van der Waals surface area (Å²) in [6.07, 6.45) is 0. The van der Waals surface area contributed by atoms with E-state index in [4.69, 9.17) is 16.3 Å². The Morgan fingerprint density at radius 3 is 2.53 bits per heavy atom. The van der Waals surface area contributed by atoms with Crippen molar-refractivity contribution in [2.24, 2.45) is 0 Å². The van der Waals surface area contributed by atoms with Crippen molar-refractivity contribution in [3.63, 3.8) is 0 Å². The molecule has 0 fully saturated rings. The van der Waals surface area contributed by atoms with E-state index in [-0.39, 0.29) is 0 Å². The molecular formula is C14H13ClOS. The number of benzene rings is 2. The van der Waals surface area contributed by atoms with Crippen molar-refractivity contribution >= 4 is 23.4 Å². The standard InChI is InChI=1S/C14H13ClOS/c1-2-17-14-5-3-4-13(10-14)16-12-8-6-11(15)7-9-12/h3-10H,2H2,1H3. The third kappa shape index (κ3) is 3.69. The van der Waals surface area contributed by atoms with Crippen LogP contribution in [0.5, 0.6) is 11.5 Å². The molecule has 3 heteroatoms. The molecule has 0 aliphatic carbocycles. The highest BCUT2D eigenvalue weighted by molar-refractivity contribution is 7.99. The zero-order valence-electron chi connectivity index (χ0n) is 9.52. The van der Waals surface area contributed by atoms with Crippen molar-refractivity contribution < 1.29 is 4.74 Å². The van der Waals surface area contributed by atoms with E-state index in [1.54, 1.807) is 11.8 Å². The molecule has 0 saturated carbocycles. The third-order valence-electron chi connectivity index (χ3n) is 2.17. The fourth-order valence-corrected chi connectivity index (χ4v) is 2.27. The van der Waals surface area contributed by atoms with Gasteiger partial charge in [0.1, 0.15) is 11.5 Å². The van der Waals surface area contributed by atoms with E-state index in [9.17, 15) is 0 Å². The summed E-state index contributed by atoms with van der Waals surface area (Å²) in [7, 11) is 0. The van der Waals surface area contributed by atoms with Crippen LogP contribution >= 0.6 is 23.4 Å². The van der Waals surface area contributed by atoms with Gasteiger partial charge in [0.15, 0.2) is 0 Å². The molecule has 0 aliphatic heterocycles. The molecule has 0 unspecified atom stereocenters. The van der Waals surface area contributed by atoms with Crippen LogP contribution in [0.3, 0.4) is 0 Å². The second kappa shape index (κ2) is 5.99. The summed E-state index contributed by atoms with van der Waals surface area (Å²) in [5.74, 6) is 2.71. The Hall–Kier alpha value is -1.12. The molecule has 0 atom stereocenters. The van der Waals surface area contributed by atoms with Gasteiger partial charge in [-0.1, -0.05) is 24.6 Å². The summed E-state index contributed by atoms with van der Waals surface area (Å²) in [5.41, 5.74) is 0. The summed E-state index contributed by atoms with van der Waals surface area (Å²) in [6.45, 7) is 2.14. The van der Waals surface area contributed by atoms with Crippen molar-refractivity contribution in [1.29, 1.82) is 0 Å². The molecule has 0 heterocycles. The second-order valence-electron chi connectivity index (χ2n) is 3.46. The molecule has 2 rings (SSSR count). The predicted octanol–water partition coefficient (Wildman–Crippen LogP) is 5.24. The summed E-state index contributed by atoms with van der Waals surface area (Å²) in [4.78, 5) is 1.22. The van der Waals surface area contributed by atoms with Gasteiger partial charge in [-0.05, 0) is 48.2 Å². The first kappa shape index (κ1) is 12.3. The normalized spacial score (nSPS) is 10.2. The Labute approximate surface area is 111 Å². The van der Waals surface area contributed by atoms with Crippen molar-refractivity contribution in [3.8, 4) is 11.5 Å². The van der Waals surface area contributed by atoms with Crippen LogP contribution in [0.1, 0.15) is 6.92 Å². The lowest BCUT2D eigenvalue weighted by molar-refractivity contribution is 0.481. The lowest BCUT2D eigenvalue weighted by Gasteiger charge is -2.07. The zero-order valence-corrected chi connectivity index (χ0v) is 11.1. The van der Waals surface area contributed by atoms with Crippen LogP contribution < -0.4 is 4.74 Å². The maximum Gasteiger partial charge on any atom is 0.128 e. The SMILES string of the molecule is CCSc1cccc(Oc2ccc(Cl)cc2)c1.